The van der Waals surface area contributed by atoms with E-state index in [-0.39, 0.29) is 12.6 Å². The molecule has 1 N–H and O–H groups in total. The van der Waals surface area contributed by atoms with Gasteiger partial charge in [0.05, 0.1) is 6.54 Å². The van der Waals surface area contributed by atoms with E-state index in [1.54, 1.807) is 0 Å². The first kappa shape index (κ1) is 16.0. The minimum Gasteiger partial charge on any atom is -0.480 e. The number of carboxylic acid groups (broad SMARTS) is 1. The second-order valence-corrected chi connectivity index (χ2v) is 6.17. The lowest BCUT2D eigenvalue weighted by Gasteiger charge is -2.32. The zero-order valence-corrected chi connectivity index (χ0v) is 13.0. The summed E-state index contributed by atoms with van der Waals surface area (Å²) in [6, 6.07) is 11.2. The van der Waals surface area contributed by atoms with Crippen molar-refractivity contribution >= 4 is 5.97 Å². The zero-order chi connectivity index (χ0) is 15.2. The van der Waals surface area contributed by atoms with Gasteiger partial charge in [0.25, 0.3) is 0 Å². The van der Waals surface area contributed by atoms with Gasteiger partial charge in [0.1, 0.15) is 0 Å². The number of likely N-dealkylation sites (tertiary alicyclic amines) is 1. The Morgan fingerprint density at radius 3 is 2.71 bits per heavy atom. The predicted octanol–water partition coefficient (Wildman–Crippen LogP) is 2.45. The number of carboxylic acids is 1. The van der Waals surface area contributed by atoms with Crippen LogP contribution in [-0.4, -0.2) is 52.6 Å². The van der Waals surface area contributed by atoms with Crippen LogP contribution in [-0.2, 0) is 11.3 Å². The van der Waals surface area contributed by atoms with Crippen molar-refractivity contribution in [2.45, 2.75) is 45.3 Å². The van der Waals surface area contributed by atoms with Gasteiger partial charge in [-0.25, -0.2) is 0 Å². The molecule has 1 heterocycles. The standard InChI is InChI=1S/C17H26N2O2/c1-14(2)19(13-17(20)21)12-16-9-6-10-18(16)11-15-7-4-3-5-8-15/h3-5,7-8,14,16H,6,9-13H2,1-2H3,(H,20,21)/t16-/m0/s1. The van der Waals surface area contributed by atoms with E-state index in [0.29, 0.717) is 6.04 Å². The van der Waals surface area contributed by atoms with E-state index in [4.69, 9.17) is 5.11 Å². The molecule has 21 heavy (non-hydrogen) atoms. The molecule has 116 valence electrons. The van der Waals surface area contributed by atoms with Crippen LogP contribution in [0.3, 0.4) is 0 Å². The fourth-order valence-corrected chi connectivity index (χ4v) is 3.03. The maximum atomic E-state index is 11.0. The Kier molecular flexibility index (Phi) is 5.76. The fraction of sp³-hybridized carbons (Fsp3) is 0.588. The molecule has 1 aliphatic rings. The first-order valence-corrected chi connectivity index (χ1v) is 7.80. The number of hydrogen-bond donors (Lipinski definition) is 1. The van der Waals surface area contributed by atoms with Gasteiger partial charge in [-0.1, -0.05) is 30.3 Å². The number of hydrogen-bond acceptors (Lipinski definition) is 3. The number of rotatable bonds is 7. The molecule has 0 bridgehead atoms. The topological polar surface area (TPSA) is 43.8 Å². The molecular weight excluding hydrogens is 264 g/mol. The average Bonchev–Trinajstić information content (AvgIpc) is 2.86. The molecule has 0 unspecified atom stereocenters. The van der Waals surface area contributed by atoms with Crippen LogP contribution in [0.2, 0.25) is 0 Å². The summed E-state index contributed by atoms with van der Waals surface area (Å²) < 4.78 is 0. The Morgan fingerprint density at radius 1 is 1.38 bits per heavy atom. The lowest BCUT2D eigenvalue weighted by atomic mass is 10.1. The van der Waals surface area contributed by atoms with Gasteiger partial charge >= 0.3 is 5.97 Å². The highest BCUT2D eigenvalue weighted by molar-refractivity contribution is 5.69. The summed E-state index contributed by atoms with van der Waals surface area (Å²) in [6.07, 6.45) is 2.37. The van der Waals surface area contributed by atoms with E-state index in [2.05, 4.69) is 47.9 Å². The molecule has 0 amide bonds. The van der Waals surface area contributed by atoms with Gasteiger partial charge < -0.3 is 5.11 Å². The third-order valence-corrected chi connectivity index (χ3v) is 4.24. The van der Waals surface area contributed by atoms with Crippen molar-refractivity contribution in [3.8, 4) is 0 Å². The van der Waals surface area contributed by atoms with Crippen molar-refractivity contribution < 1.29 is 9.90 Å². The molecule has 1 atom stereocenters. The van der Waals surface area contributed by atoms with E-state index < -0.39 is 5.97 Å². The Bertz CT molecular complexity index is 447. The minimum absolute atomic E-state index is 0.132. The van der Waals surface area contributed by atoms with Crippen LogP contribution >= 0.6 is 0 Å². The monoisotopic (exact) mass is 290 g/mol. The summed E-state index contributed by atoms with van der Waals surface area (Å²) in [7, 11) is 0. The summed E-state index contributed by atoms with van der Waals surface area (Å²) in [4.78, 5) is 15.6. The highest BCUT2D eigenvalue weighted by Crippen LogP contribution is 2.21. The van der Waals surface area contributed by atoms with Crippen molar-refractivity contribution in [1.82, 2.24) is 9.80 Å². The van der Waals surface area contributed by atoms with Gasteiger partial charge in [-0.2, -0.15) is 0 Å². The molecule has 4 nitrogen and oxygen atoms in total. The van der Waals surface area contributed by atoms with E-state index in [1.807, 2.05) is 6.07 Å². The van der Waals surface area contributed by atoms with Gasteiger partial charge in [0.15, 0.2) is 0 Å². The van der Waals surface area contributed by atoms with E-state index in [9.17, 15) is 4.79 Å². The maximum absolute atomic E-state index is 11.0. The van der Waals surface area contributed by atoms with Gasteiger partial charge in [-0.05, 0) is 38.8 Å². The van der Waals surface area contributed by atoms with Crippen molar-refractivity contribution in [2.75, 3.05) is 19.6 Å². The second-order valence-electron chi connectivity index (χ2n) is 6.17. The Morgan fingerprint density at radius 2 is 2.10 bits per heavy atom. The van der Waals surface area contributed by atoms with Crippen molar-refractivity contribution in [2.24, 2.45) is 0 Å². The number of aliphatic carboxylic acids is 1. The molecule has 1 aromatic rings. The molecule has 1 aromatic carbocycles. The van der Waals surface area contributed by atoms with Crippen LogP contribution < -0.4 is 0 Å². The van der Waals surface area contributed by atoms with Gasteiger partial charge in [0.2, 0.25) is 0 Å². The van der Waals surface area contributed by atoms with E-state index in [1.165, 1.54) is 12.0 Å². The summed E-state index contributed by atoms with van der Waals surface area (Å²) in [5, 5.41) is 9.05. The number of nitrogens with zero attached hydrogens (tertiary/aromatic N) is 2. The van der Waals surface area contributed by atoms with Crippen LogP contribution in [0, 0.1) is 0 Å². The van der Waals surface area contributed by atoms with Gasteiger partial charge in [0, 0.05) is 25.2 Å². The molecule has 4 heteroatoms. The molecule has 1 aliphatic heterocycles. The quantitative estimate of drug-likeness (QED) is 0.837. The third kappa shape index (κ3) is 4.83. The second kappa shape index (κ2) is 7.57. The highest BCUT2D eigenvalue weighted by Gasteiger charge is 2.27. The molecule has 0 spiro atoms. The first-order chi connectivity index (χ1) is 10.1. The van der Waals surface area contributed by atoms with Crippen LogP contribution in [0.25, 0.3) is 0 Å². The largest absolute Gasteiger partial charge is 0.480 e. The molecule has 0 aliphatic carbocycles. The molecule has 0 aromatic heterocycles. The molecule has 0 radical (unpaired) electrons. The lowest BCUT2D eigenvalue weighted by Crippen LogP contribution is -2.45. The lowest BCUT2D eigenvalue weighted by molar-refractivity contribution is -0.139. The fourth-order valence-electron chi connectivity index (χ4n) is 3.03. The molecular formula is C17H26N2O2. The van der Waals surface area contributed by atoms with Crippen LogP contribution in [0.15, 0.2) is 30.3 Å². The van der Waals surface area contributed by atoms with Crippen LogP contribution in [0.5, 0.6) is 0 Å². The first-order valence-electron chi connectivity index (χ1n) is 7.80. The average molecular weight is 290 g/mol. The molecule has 0 saturated carbocycles. The summed E-state index contributed by atoms with van der Waals surface area (Å²) in [5.41, 5.74) is 1.33. The SMILES string of the molecule is CC(C)N(CC(=O)O)C[C@@H]1CCCN1Cc1ccccc1. The smallest absolute Gasteiger partial charge is 0.317 e. The molecule has 2 rings (SSSR count). The summed E-state index contributed by atoms with van der Waals surface area (Å²) >= 11 is 0. The number of carbonyl (C=O) groups is 1. The maximum Gasteiger partial charge on any atom is 0.317 e. The Hall–Kier alpha value is -1.39. The Labute approximate surface area is 127 Å². The summed E-state index contributed by atoms with van der Waals surface area (Å²) in [5.74, 6) is -0.740. The van der Waals surface area contributed by atoms with Crippen molar-refractivity contribution in [1.29, 1.82) is 0 Å². The van der Waals surface area contributed by atoms with Gasteiger partial charge in [-0.3, -0.25) is 14.6 Å². The van der Waals surface area contributed by atoms with Crippen LogP contribution in [0.4, 0.5) is 0 Å². The van der Waals surface area contributed by atoms with E-state index in [0.717, 1.165) is 26.1 Å². The van der Waals surface area contributed by atoms with Crippen molar-refractivity contribution in [3.63, 3.8) is 0 Å². The van der Waals surface area contributed by atoms with Gasteiger partial charge in [-0.15, -0.1) is 0 Å². The van der Waals surface area contributed by atoms with E-state index >= 15 is 0 Å². The summed E-state index contributed by atoms with van der Waals surface area (Å²) in [6.45, 7) is 7.19. The van der Waals surface area contributed by atoms with Crippen molar-refractivity contribution in [3.05, 3.63) is 35.9 Å². The Balaban J connectivity index is 1.96. The number of benzene rings is 1. The normalized spacial score (nSPS) is 19.5. The minimum atomic E-state index is -0.740. The predicted molar refractivity (Wildman–Crippen MR) is 84.2 cm³/mol. The molecule has 1 fully saturated rings. The van der Waals surface area contributed by atoms with Crippen LogP contribution in [0.1, 0.15) is 32.3 Å². The zero-order valence-electron chi connectivity index (χ0n) is 13.0. The highest BCUT2D eigenvalue weighted by atomic mass is 16.4. The third-order valence-electron chi connectivity index (χ3n) is 4.24. The molecule has 1 saturated heterocycles.